The number of hydrogen-bond acceptors (Lipinski definition) is 8. The minimum Gasteiger partial charge on any atom is -0.480 e. The average molecular weight is 612 g/mol. The van der Waals surface area contributed by atoms with Crippen molar-refractivity contribution in [2.24, 2.45) is 0 Å². The molecule has 13 heteroatoms. The van der Waals surface area contributed by atoms with Gasteiger partial charge in [-0.2, -0.15) is 4.31 Å². The molecule has 2 amide bonds. The summed E-state index contributed by atoms with van der Waals surface area (Å²) in [6.07, 6.45) is 2.59. The van der Waals surface area contributed by atoms with Crippen LogP contribution >= 0.6 is 11.8 Å². The summed E-state index contributed by atoms with van der Waals surface area (Å²) in [5, 5.41) is 17.8. The normalized spacial score (nSPS) is 17.7. The van der Waals surface area contributed by atoms with Crippen LogP contribution in [-0.2, 0) is 30.8 Å². The molecule has 1 aromatic heterocycles. The number of aliphatic carboxylic acids is 1. The van der Waals surface area contributed by atoms with E-state index in [9.17, 15) is 27.9 Å². The summed E-state index contributed by atoms with van der Waals surface area (Å²) < 4.78 is 27.7. The summed E-state index contributed by atoms with van der Waals surface area (Å²) in [5.74, 6) is -1.11. The van der Waals surface area contributed by atoms with Crippen LogP contribution in [-0.4, -0.2) is 70.4 Å². The van der Waals surface area contributed by atoms with E-state index < -0.39 is 39.4 Å². The van der Waals surface area contributed by atoms with Gasteiger partial charge in [0.2, 0.25) is 21.8 Å². The highest BCUT2D eigenvalue weighted by molar-refractivity contribution is 8.01. The molecule has 0 saturated carbocycles. The third-order valence-corrected chi connectivity index (χ3v) is 9.97. The molecule has 3 atom stereocenters. The summed E-state index contributed by atoms with van der Waals surface area (Å²) in [7, 11) is -3.97. The molecular formula is C29H33N5O6S2. The number of carboxylic acid groups (broad SMARTS) is 1. The van der Waals surface area contributed by atoms with Crippen LogP contribution in [0.4, 0.5) is 11.5 Å². The van der Waals surface area contributed by atoms with Crippen LogP contribution in [0.2, 0.25) is 0 Å². The standard InChI is InChI=1S/C29H33N5O6S2/c1-20-34(42(39,40)23-8-3-2-4-9-23)25(19-41-20)28(36)33-24(29(37)38)18-21-12-14-22(15-13-21)32-27(35)11-7-17-31-26-10-5-6-16-30-26/h2-6,8-10,12-16,20,24-25H,7,11,17-19H2,1H3,(H,30,31)(H,32,35)(H,33,36)(H,37,38)/t20?,24-,25-/m0/s1. The first-order valence-corrected chi connectivity index (χ1v) is 15.9. The fraction of sp³-hybridized carbons (Fsp3) is 0.310. The van der Waals surface area contributed by atoms with Crippen molar-refractivity contribution in [2.45, 2.75) is 48.5 Å². The zero-order chi connectivity index (χ0) is 30.1. The highest BCUT2D eigenvalue weighted by Gasteiger charge is 2.45. The predicted octanol–water partition coefficient (Wildman–Crippen LogP) is 3.18. The highest BCUT2D eigenvalue weighted by Crippen LogP contribution is 2.34. The first-order chi connectivity index (χ1) is 20.1. The molecule has 2 heterocycles. The molecule has 0 radical (unpaired) electrons. The van der Waals surface area contributed by atoms with Crippen LogP contribution < -0.4 is 16.0 Å². The van der Waals surface area contributed by atoms with E-state index in [0.29, 0.717) is 30.6 Å². The molecule has 222 valence electrons. The van der Waals surface area contributed by atoms with E-state index in [1.54, 1.807) is 55.6 Å². The number of nitrogens with zero attached hydrogens (tertiary/aromatic N) is 2. The SMILES string of the molecule is CC1SC[C@@H](C(=O)N[C@@H](Cc2ccc(NC(=O)CCCNc3ccccn3)cc2)C(=O)O)N1S(=O)(=O)c1ccccc1. The maximum Gasteiger partial charge on any atom is 0.326 e. The van der Waals surface area contributed by atoms with Crippen LogP contribution in [0.5, 0.6) is 0 Å². The number of anilines is 2. The van der Waals surface area contributed by atoms with E-state index in [4.69, 9.17) is 0 Å². The van der Waals surface area contributed by atoms with Gasteiger partial charge in [0.1, 0.15) is 17.9 Å². The Balaban J connectivity index is 1.31. The minimum atomic E-state index is -3.97. The monoisotopic (exact) mass is 611 g/mol. The van der Waals surface area contributed by atoms with Gasteiger partial charge >= 0.3 is 5.97 Å². The number of thioether (sulfide) groups is 1. The lowest BCUT2D eigenvalue weighted by atomic mass is 10.0. The van der Waals surface area contributed by atoms with Gasteiger partial charge in [0.25, 0.3) is 0 Å². The number of sulfonamides is 1. The lowest BCUT2D eigenvalue weighted by molar-refractivity contribution is -0.142. The average Bonchev–Trinajstić information content (AvgIpc) is 3.39. The number of pyridine rings is 1. The molecule has 1 aliphatic heterocycles. The van der Waals surface area contributed by atoms with E-state index >= 15 is 0 Å². The van der Waals surface area contributed by atoms with Crippen LogP contribution in [0.25, 0.3) is 0 Å². The molecule has 4 rings (SSSR count). The topological polar surface area (TPSA) is 158 Å². The zero-order valence-electron chi connectivity index (χ0n) is 23.0. The fourth-order valence-electron chi connectivity index (χ4n) is 4.48. The lowest BCUT2D eigenvalue weighted by Gasteiger charge is -2.27. The van der Waals surface area contributed by atoms with Crippen molar-refractivity contribution < 1.29 is 27.9 Å². The largest absolute Gasteiger partial charge is 0.480 e. The minimum absolute atomic E-state index is 0.0185. The van der Waals surface area contributed by atoms with E-state index in [1.807, 2.05) is 18.2 Å². The van der Waals surface area contributed by atoms with Gasteiger partial charge in [-0.25, -0.2) is 18.2 Å². The summed E-state index contributed by atoms with van der Waals surface area (Å²) >= 11 is 1.31. The van der Waals surface area contributed by atoms with Crippen LogP contribution in [0, 0.1) is 0 Å². The van der Waals surface area contributed by atoms with Gasteiger partial charge in [0, 0.05) is 37.0 Å². The number of benzene rings is 2. The van der Waals surface area contributed by atoms with Crippen molar-refractivity contribution in [2.75, 3.05) is 22.9 Å². The molecule has 4 N–H and O–H groups in total. The van der Waals surface area contributed by atoms with E-state index in [-0.39, 0.29) is 23.0 Å². The molecule has 1 saturated heterocycles. The second-order valence-electron chi connectivity index (χ2n) is 9.69. The maximum absolute atomic E-state index is 13.3. The van der Waals surface area contributed by atoms with E-state index in [2.05, 4.69) is 20.9 Å². The lowest BCUT2D eigenvalue weighted by Crippen LogP contribution is -2.53. The predicted molar refractivity (Wildman–Crippen MR) is 161 cm³/mol. The second kappa shape index (κ2) is 14.3. The Morgan fingerprint density at radius 1 is 1.05 bits per heavy atom. The van der Waals surface area contributed by atoms with Gasteiger partial charge in [0.15, 0.2) is 0 Å². The molecule has 1 fully saturated rings. The smallest absolute Gasteiger partial charge is 0.326 e. The van der Waals surface area contributed by atoms with Gasteiger partial charge in [-0.05, 0) is 55.3 Å². The number of rotatable bonds is 13. The number of aromatic nitrogens is 1. The van der Waals surface area contributed by atoms with Crippen molar-refractivity contribution >= 4 is 51.1 Å². The van der Waals surface area contributed by atoms with Crippen LogP contribution in [0.3, 0.4) is 0 Å². The Labute approximate surface area is 249 Å². The number of carbonyl (C=O) groups excluding carboxylic acids is 2. The Kier molecular flexibility index (Phi) is 10.6. The molecule has 11 nitrogen and oxygen atoms in total. The molecule has 0 bridgehead atoms. The molecule has 2 aromatic carbocycles. The van der Waals surface area contributed by atoms with Gasteiger partial charge < -0.3 is 21.1 Å². The molecule has 3 aromatic rings. The zero-order valence-corrected chi connectivity index (χ0v) is 24.6. The number of carboxylic acids is 1. The molecule has 42 heavy (non-hydrogen) atoms. The summed E-state index contributed by atoms with van der Waals surface area (Å²) in [6, 6.07) is 17.8. The van der Waals surface area contributed by atoms with Gasteiger partial charge in [-0.15, -0.1) is 11.8 Å². The number of amides is 2. The maximum atomic E-state index is 13.3. The summed E-state index contributed by atoms with van der Waals surface area (Å²) in [5.41, 5.74) is 1.19. The number of carbonyl (C=O) groups is 3. The Morgan fingerprint density at radius 3 is 2.43 bits per heavy atom. The van der Waals surface area contributed by atoms with Crippen molar-refractivity contribution in [1.29, 1.82) is 0 Å². The van der Waals surface area contributed by atoms with Crippen LogP contribution in [0.1, 0.15) is 25.3 Å². The fourth-order valence-corrected chi connectivity index (χ4v) is 7.81. The third kappa shape index (κ3) is 8.08. The number of hydrogen-bond donors (Lipinski definition) is 4. The van der Waals surface area contributed by atoms with Crippen molar-refractivity contribution in [3.63, 3.8) is 0 Å². The molecule has 1 aliphatic rings. The van der Waals surface area contributed by atoms with E-state index in [1.165, 1.54) is 23.9 Å². The molecule has 0 aliphatic carbocycles. The van der Waals surface area contributed by atoms with E-state index in [0.717, 1.165) is 10.1 Å². The molecule has 1 unspecified atom stereocenters. The first-order valence-electron chi connectivity index (χ1n) is 13.4. The summed E-state index contributed by atoms with van der Waals surface area (Å²) in [6.45, 7) is 2.30. The molecular weight excluding hydrogens is 578 g/mol. The molecule has 0 spiro atoms. The Morgan fingerprint density at radius 2 is 1.76 bits per heavy atom. The van der Waals surface area contributed by atoms with Gasteiger partial charge in [0.05, 0.1) is 10.3 Å². The first kappa shape index (κ1) is 31.0. The number of nitrogens with one attached hydrogen (secondary N) is 3. The van der Waals surface area contributed by atoms with Crippen molar-refractivity contribution in [1.82, 2.24) is 14.6 Å². The van der Waals surface area contributed by atoms with Gasteiger partial charge in [-0.3, -0.25) is 9.59 Å². The van der Waals surface area contributed by atoms with Crippen molar-refractivity contribution in [3.05, 3.63) is 84.6 Å². The Hall–Kier alpha value is -3.94. The van der Waals surface area contributed by atoms with Crippen LogP contribution in [0.15, 0.2) is 83.9 Å². The van der Waals surface area contributed by atoms with Gasteiger partial charge in [-0.1, -0.05) is 36.4 Å². The second-order valence-corrected chi connectivity index (χ2v) is 12.9. The Bertz CT molecular complexity index is 1470. The summed E-state index contributed by atoms with van der Waals surface area (Å²) in [4.78, 5) is 41.8. The quantitative estimate of drug-likeness (QED) is 0.213. The highest BCUT2D eigenvalue weighted by atomic mass is 32.2. The van der Waals surface area contributed by atoms with Crippen molar-refractivity contribution in [3.8, 4) is 0 Å². The third-order valence-electron chi connectivity index (χ3n) is 6.63.